The number of sulfonamides is 1. The van der Waals surface area contributed by atoms with Crippen molar-refractivity contribution in [2.24, 2.45) is 5.14 Å². The fraction of sp³-hybridized carbons (Fsp3) is 0.167. The van der Waals surface area contributed by atoms with E-state index in [1.165, 1.54) is 0 Å². The molecule has 1 rings (SSSR count). The minimum atomic E-state index is -4.30. The van der Waals surface area contributed by atoms with Gasteiger partial charge >= 0.3 is 0 Å². The zero-order valence-corrected chi connectivity index (χ0v) is 7.50. The highest BCUT2D eigenvalue weighted by molar-refractivity contribution is 7.89. The Morgan fingerprint density at radius 1 is 1.43 bits per heavy atom. The molecule has 0 saturated heterocycles. The van der Waals surface area contributed by atoms with Crippen LogP contribution in [-0.4, -0.2) is 18.5 Å². The van der Waals surface area contributed by atoms with E-state index < -0.39 is 32.7 Å². The smallest absolute Gasteiger partial charge is 0.268 e. The third-order valence-electron chi connectivity index (χ3n) is 1.45. The highest BCUT2D eigenvalue weighted by Crippen LogP contribution is 2.32. The van der Waals surface area contributed by atoms with Crippen molar-refractivity contribution in [3.05, 3.63) is 18.0 Å². The number of pyridine rings is 1. The summed E-state index contributed by atoms with van der Waals surface area (Å²) < 4.78 is 46.2. The minimum Gasteiger partial charge on any atom is -0.506 e. The van der Waals surface area contributed by atoms with Crippen LogP contribution >= 0.6 is 0 Å². The normalized spacial score (nSPS) is 12.0. The first-order valence-corrected chi connectivity index (χ1v) is 4.86. The van der Waals surface area contributed by atoms with E-state index in [2.05, 4.69) is 10.1 Å². The third-order valence-corrected chi connectivity index (χ3v) is 2.39. The van der Waals surface area contributed by atoms with Gasteiger partial charge in [-0.25, -0.2) is 22.3 Å². The first kappa shape index (κ1) is 10.8. The van der Waals surface area contributed by atoms with Crippen molar-refractivity contribution in [1.29, 1.82) is 0 Å². The van der Waals surface area contributed by atoms with Gasteiger partial charge in [-0.05, 0) is 0 Å². The van der Waals surface area contributed by atoms with Crippen molar-refractivity contribution < 1.29 is 22.3 Å². The molecule has 0 fully saturated rings. The summed E-state index contributed by atoms with van der Waals surface area (Å²) in [6, 6.07) is 0. The van der Waals surface area contributed by atoms with Crippen molar-refractivity contribution in [3.63, 3.8) is 0 Å². The van der Waals surface area contributed by atoms with Crippen LogP contribution in [0.15, 0.2) is 17.3 Å². The summed E-state index contributed by atoms with van der Waals surface area (Å²) in [5, 5.41) is 13.6. The van der Waals surface area contributed by atoms with Crippen molar-refractivity contribution in [3.8, 4) is 5.75 Å². The van der Waals surface area contributed by atoms with Crippen LogP contribution in [0.2, 0.25) is 0 Å². The maximum Gasteiger partial charge on any atom is 0.268 e. The Bertz CT molecular complexity index is 446. The molecule has 0 radical (unpaired) electrons. The molecule has 3 N–H and O–H groups in total. The standard InChI is InChI=1S/C6H6F2N2O3S/c7-6(8)5-3(11)1-10-2-4(5)14(9,12)13/h1-2,6,11H,(H2,9,12,13). The molecule has 0 aliphatic heterocycles. The van der Waals surface area contributed by atoms with Crippen LogP contribution in [0.4, 0.5) is 8.78 Å². The molecule has 5 nitrogen and oxygen atoms in total. The Balaban J connectivity index is 3.52. The lowest BCUT2D eigenvalue weighted by Gasteiger charge is -2.07. The second-order valence-corrected chi connectivity index (χ2v) is 3.95. The average Bonchev–Trinajstić information content (AvgIpc) is 2.01. The molecule has 0 atom stereocenters. The number of aromatic nitrogens is 1. The fourth-order valence-electron chi connectivity index (χ4n) is 0.887. The molecule has 0 aliphatic carbocycles. The van der Waals surface area contributed by atoms with Gasteiger partial charge in [0.2, 0.25) is 10.0 Å². The molecule has 1 heterocycles. The number of halogens is 2. The number of nitrogens with two attached hydrogens (primary N) is 1. The summed E-state index contributed by atoms with van der Waals surface area (Å²) >= 11 is 0. The molecule has 8 heteroatoms. The van der Waals surface area contributed by atoms with E-state index in [4.69, 9.17) is 5.11 Å². The highest BCUT2D eigenvalue weighted by Gasteiger charge is 2.24. The number of alkyl halides is 2. The zero-order valence-electron chi connectivity index (χ0n) is 6.68. The topological polar surface area (TPSA) is 93.3 Å². The lowest BCUT2D eigenvalue weighted by atomic mass is 10.2. The molecule has 0 bridgehead atoms. The summed E-state index contributed by atoms with van der Waals surface area (Å²) in [5.74, 6) is -0.897. The molecule has 78 valence electrons. The molecule has 0 amide bonds. The third kappa shape index (κ3) is 1.96. The quantitative estimate of drug-likeness (QED) is 0.759. The van der Waals surface area contributed by atoms with Crippen LogP contribution < -0.4 is 5.14 Å². The Labute approximate surface area is 78.2 Å². The van der Waals surface area contributed by atoms with E-state index in [1.54, 1.807) is 0 Å². The molecule has 0 aromatic carbocycles. The van der Waals surface area contributed by atoms with Crippen molar-refractivity contribution >= 4 is 10.0 Å². The van der Waals surface area contributed by atoms with Crippen molar-refractivity contribution in [2.45, 2.75) is 11.3 Å². The molecule has 14 heavy (non-hydrogen) atoms. The molecule has 0 spiro atoms. The number of hydrogen-bond donors (Lipinski definition) is 2. The van der Waals surface area contributed by atoms with Gasteiger partial charge in [0.25, 0.3) is 6.43 Å². The van der Waals surface area contributed by atoms with E-state index in [0.717, 1.165) is 6.20 Å². The number of rotatable bonds is 2. The first-order valence-electron chi connectivity index (χ1n) is 3.32. The molecular formula is C6H6F2N2O3S. The van der Waals surface area contributed by atoms with E-state index in [0.29, 0.717) is 6.20 Å². The summed E-state index contributed by atoms with van der Waals surface area (Å²) in [5.41, 5.74) is -1.03. The minimum absolute atomic E-state index is 0.663. The summed E-state index contributed by atoms with van der Waals surface area (Å²) in [6.07, 6.45) is -1.75. The van der Waals surface area contributed by atoms with Crippen LogP contribution in [0.25, 0.3) is 0 Å². The first-order chi connectivity index (χ1) is 6.34. The van der Waals surface area contributed by atoms with Gasteiger partial charge in [-0.15, -0.1) is 0 Å². The van der Waals surface area contributed by atoms with Gasteiger partial charge in [0, 0.05) is 6.20 Å². The van der Waals surface area contributed by atoms with Crippen LogP contribution in [0.3, 0.4) is 0 Å². The van der Waals surface area contributed by atoms with Gasteiger partial charge in [-0.3, -0.25) is 4.98 Å². The molecular weight excluding hydrogens is 218 g/mol. The molecule has 0 saturated carbocycles. The maximum absolute atomic E-state index is 12.3. The van der Waals surface area contributed by atoms with Crippen molar-refractivity contribution in [2.75, 3.05) is 0 Å². The van der Waals surface area contributed by atoms with Gasteiger partial charge in [0.05, 0.1) is 11.8 Å². The maximum atomic E-state index is 12.3. The SMILES string of the molecule is NS(=O)(=O)c1cncc(O)c1C(F)F. The number of hydrogen-bond acceptors (Lipinski definition) is 4. The van der Waals surface area contributed by atoms with Gasteiger partial charge < -0.3 is 5.11 Å². The van der Waals surface area contributed by atoms with Gasteiger partial charge in [-0.2, -0.15) is 0 Å². The predicted molar refractivity (Wildman–Crippen MR) is 42.2 cm³/mol. The molecule has 1 aromatic heterocycles. The summed E-state index contributed by atoms with van der Waals surface area (Å²) in [7, 11) is -4.30. The molecule has 0 aliphatic rings. The Morgan fingerprint density at radius 2 is 2.00 bits per heavy atom. The second kappa shape index (κ2) is 3.46. The Kier molecular flexibility index (Phi) is 2.67. The fourth-order valence-corrected chi connectivity index (χ4v) is 1.59. The van der Waals surface area contributed by atoms with E-state index >= 15 is 0 Å². The Hall–Kier alpha value is -1.28. The predicted octanol–water partition coefficient (Wildman–Crippen LogP) is 0.372. The zero-order chi connectivity index (χ0) is 10.9. The van der Waals surface area contributed by atoms with Gasteiger partial charge in [0.1, 0.15) is 10.6 Å². The molecule has 1 aromatic rings. The van der Waals surface area contributed by atoms with Crippen LogP contribution in [0, 0.1) is 0 Å². The number of aromatic hydroxyl groups is 1. The molecule has 0 unspecified atom stereocenters. The largest absolute Gasteiger partial charge is 0.506 e. The van der Waals surface area contributed by atoms with Crippen LogP contribution in [0.1, 0.15) is 12.0 Å². The van der Waals surface area contributed by atoms with E-state index in [-0.39, 0.29) is 0 Å². The summed E-state index contributed by atoms with van der Waals surface area (Å²) in [4.78, 5) is 2.38. The summed E-state index contributed by atoms with van der Waals surface area (Å²) in [6.45, 7) is 0. The van der Waals surface area contributed by atoms with Crippen LogP contribution in [0.5, 0.6) is 5.75 Å². The average molecular weight is 224 g/mol. The van der Waals surface area contributed by atoms with Gasteiger partial charge in [-0.1, -0.05) is 0 Å². The Morgan fingerprint density at radius 3 is 2.36 bits per heavy atom. The van der Waals surface area contributed by atoms with Crippen LogP contribution in [-0.2, 0) is 10.0 Å². The lowest BCUT2D eigenvalue weighted by molar-refractivity contribution is 0.143. The van der Waals surface area contributed by atoms with E-state index in [1.807, 2.05) is 0 Å². The van der Waals surface area contributed by atoms with Crippen molar-refractivity contribution in [1.82, 2.24) is 4.98 Å². The lowest BCUT2D eigenvalue weighted by Crippen LogP contribution is -2.15. The van der Waals surface area contributed by atoms with E-state index in [9.17, 15) is 17.2 Å². The highest BCUT2D eigenvalue weighted by atomic mass is 32.2. The van der Waals surface area contributed by atoms with Gasteiger partial charge in [0.15, 0.2) is 0 Å². The monoisotopic (exact) mass is 224 g/mol. The second-order valence-electron chi connectivity index (χ2n) is 2.42. The number of primary sulfonamides is 1. The number of nitrogens with zero attached hydrogens (tertiary/aromatic N) is 1.